The third-order valence-corrected chi connectivity index (χ3v) is 4.36. The molecular formula is C19H25N3O2. The number of nitrogens with zero attached hydrogens (tertiary/aromatic N) is 3. The Balaban J connectivity index is 1.75. The zero-order chi connectivity index (χ0) is 17.1. The number of likely N-dealkylation sites (tertiary alicyclic amines) is 1. The first-order chi connectivity index (χ1) is 11.5. The highest BCUT2D eigenvalue weighted by atomic mass is 16.5. The lowest BCUT2D eigenvalue weighted by molar-refractivity contribution is -0.131. The molecule has 0 N–H and O–H groups in total. The summed E-state index contributed by atoms with van der Waals surface area (Å²) >= 11 is 0. The molecule has 24 heavy (non-hydrogen) atoms. The third kappa shape index (κ3) is 3.61. The van der Waals surface area contributed by atoms with Crippen molar-refractivity contribution in [3.63, 3.8) is 0 Å². The van der Waals surface area contributed by atoms with Gasteiger partial charge in [0, 0.05) is 30.9 Å². The number of hydrogen-bond acceptors (Lipinski definition) is 3. The number of ether oxygens (including phenoxy) is 1. The van der Waals surface area contributed by atoms with Gasteiger partial charge in [0.15, 0.2) is 0 Å². The molecule has 1 aliphatic heterocycles. The van der Waals surface area contributed by atoms with Crippen LogP contribution in [0.5, 0.6) is 5.75 Å². The molecule has 1 aliphatic rings. The van der Waals surface area contributed by atoms with Crippen LogP contribution in [0, 0.1) is 0 Å². The fourth-order valence-electron chi connectivity index (χ4n) is 3.31. The van der Waals surface area contributed by atoms with Gasteiger partial charge in [0.25, 0.3) is 0 Å². The molecule has 1 amide bonds. The van der Waals surface area contributed by atoms with Crippen LogP contribution in [0.15, 0.2) is 36.7 Å². The van der Waals surface area contributed by atoms with Crippen LogP contribution in [0.3, 0.4) is 0 Å². The van der Waals surface area contributed by atoms with Crippen LogP contribution in [0.4, 0.5) is 0 Å². The summed E-state index contributed by atoms with van der Waals surface area (Å²) in [5.41, 5.74) is 2.07. The van der Waals surface area contributed by atoms with E-state index in [1.165, 1.54) is 0 Å². The van der Waals surface area contributed by atoms with Crippen molar-refractivity contribution in [2.24, 2.45) is 7.05 Å². The SMILES string of the molecule is CC(C)Oc1ccccc1CC(=O)N1CCC[C@@H]1c1cnn(C)c1. The summed E-state index contributed by atoms with van der Waals surface area (Å²) in [5.74, 6) is 0.958. The van der Waals surface area contributed by atoms with Crippen molar-refractivity contribution in [1.82, 2.24) is 14.7 Å². The van der Waals surface area contributed by atoms with Crippen molar-refractivity contribution in [2.45, 2.75) is 45.3 Å². The number of carbonyl (C=O) groups is 1. The second kappa shape index (κ2) is 7.07. The standard InChI is InChI=1S/C19H25N3O2/c1-14(2)24-18-9-5-4-7-15(18)11-19(23)22-10-6-8-17(22)16-12-20-21(3)13-16/h4-5,7,9,12-14,17H,6,8,10-11H2,1-3H3/t17-/m1/s1. The minimum Gasteiger partial charge on any atom is -0.491 e. The monoisotopic (exact) mass is 327 g/mol. The first-order valence-corrected chi connectivity index (χ1v) is 8.57. The molecule has 5 nitrogen and oxygen atoms in total. The second-order valence-corrected chi connectivity index (χ2v) is 6.64. The molecule has 0 bridgehead atoms. The summed E-state index contributed by atoms with van der Waals surface area (Å²) in [6.07, 6.45) is 6.38. The van der Waals surface area contributed by atoms with Gasteiger partial charge >= 0.3 is 0 Å². The maximum absolute atomic E-state index is 12.9. The summed E-state index contributed by atoms with van der Waals surface area (Å²) in [6, 6.07) is 7.96. The Bertz CT molecular complexity index is 708. The van der Waals surface area contributed by atoms with Crippen molar-refractivity contribution < 1.29 is 9.53 Å². The van der Waals surface area contributed by atoms with Crippen molar-refractivity contribution in [2.75, 3.05) is 6.54 Å². The molecule has 0 saturated carbocycles. The lowest BCUT2D eigenvalue weighted by Crippen LogP contribution is -2.31. The molecule has 1 saturated heterocycles. The lowest BCUT2D eigenvalue weighted by atomic mass is 10.1. The van der Waals surface area contributed by atoms with Gasteiger partial charge < -0.3 is 9.64 Å². The average Bonchev–Trinajstić information content (AvgIpc) is 3.17. The predicted octanol–water partition coefficient (Wildman–Crippen LogP) is 3.11. The molecule has 128 valence electrons. The van der Waals surface area contributed by atoms with Crippen LogP contribution in [0.25, 0.3) is 0 Å². The minimum absolute atomic E-state index is 0.0937. The maximum Gasteiger partial charge on any atom is 0.227 e. The molecular weight excluding hydrogens is 302 g/mol. The molecule has 5 heteroatoms. The van der Waals surface area contributed by atoms with Crippen LogP contribution >= 0.6 is 0 Å². The van der Waals surface area contributed by atoms with Crippen LogP contribution < -0.4 is 4.74 Å². The Kier molecular flexibility index (Phi) is 4.88. The molecule has 1 atom stereocenters. The van der Waals surface area contributed by atoms with E-state index >= 15 is 0 Å². The van der Waals surface area contributed by atoms with E-state index in [1.54, 1.807) is 4.68 Å². The predicted molar refractivity (Wildman–Crippen MR) is 92.8 cm³/mol. The van der Waals surface area contributed by atoms with E-state index in [-0.39, 0.29) is 18.1 Å². The molecule has 1 aromatic heterocycles. The fourth-order valence-corrected chi connectivity index (χ4v) is 3.31. The largest absolute Gasteiger partial charge is 0.491 e. The Morgan fingerprint density at radius 1 is 1.38 bits per heavy atom. The van der Waals surface area contributed by atoms with Gasteiger partial charge in [0.1, 0.15) is 5.75 Å². The first kappa shape index (κ1) is 16.6. The number of para-hydroxylation sites is 1. The van der Waals surface area contributed by atoms with Crippen LogP contribution in [0.2, 0.25) is 0 Å². The van der Waals surface area contributed by atoms with E-state index < -0.39 is 0 Å². The molecule has 0 unspecified atom stereocenters. The smallest absolute Gasteiger partial charge is 0.227 e. The summed E-state index contributed by atoms with van der Waals surface area (Å²) in [7, 11) is 1.91. The summed E-state index contributed by atoms with van der Waals surface area (Å²) in [5, 5.41) is 4.24. The molecule has 2 heterocycles. The minimum atomic E-state index is 0.0937. The second-order valence-electron chi connectivity index (χ2n) is 6.64. The molecule has 1 aromatic carbocycles. The fraction of sp³-hybridized carbons (Fsp3) is 0.474. The number of rotatable bonds is 5. The maximum atomic E-state index is 12.9. The molecule has 0 aliphatic carbocycles. The Hall–Kier alpha value is -2.30. The highest BCUT2D eigenvalue weighted by Gasteiger charge is 2.31. The van der Waals surface area contributed by atoms with Crippen LogP contribution in [-0.2, 0) is 18.3 Å². The molecule has 0 radical (unpaired) electrons. The van der Waals surface area contributed by atoms with Gasteiger partial charge in [-0.1, -0.05) is 18.2 Å². The Morgan fingerprint density at radius 3 is 2.88 bits per heavy atom. The van der Waals surface area contributed by atoms with Gasteiger partial charge in [-0.25, -0.2) is 0 Å². The number of amides is 1. The zero-order valence-corrected chi connectivity index (χ0v) is 14.6. The number of aromatic nitrogens is 2. The summed E-state index contributed by atoms with van der Waals surface area (Å²) in [6.45, 7) is 4.81. The van der Waals surface area contributed by atoms with Crippen LogP contribution in [-0.4, -0.2) is 33.2 Å². The lowest BCUT2D eigenvalue weighted by Gasteiger charge is -2.24. The number of hydrogen-bond donors (Lipinski definition) is 0. The Labute approximate surface area is 143 Å². The van der Waals surface area contributed by atoms with E-state index in [9.17, 15) is 4.79 Å². The topological polar surface area (TPSA) is 47.4 Å². The van der Waals surface area contributed by atoms with E-state index in [1.807, 2.05) is 62.5 Å². The van der Waals surface area contributed by atoms with Gasteiger partial charge in [-0.3, -0.25) is 9.48 Å². The van der Waals surface area contributed by atoms with Crippen molar-refractivity contribution in [3.8, 4) is 5.75 Å². The number of aryl methyl sites for hydroxylation is 1. The molecule has 3 rings (SSSR count). The molecule has 0 spiro atoms. The third-order valence-electron chi connectivity index (χ3n) is 4.36. The molecule has 2 aromatic rings. The number of carbonyl (C=O) groups excluding carboxylic acids is 1. The van der Waals surface area contributed by atoms with Gasteiger partial charge in [-0.2, -0.15) is 5.10 Å². The summed E-state index contributed by atoms with van der Waals surface area (Å²) in [4.78, 5) is 14.9. The van der Waals surface area contributed by atoms with Gasteiger partial charge in [0.2, 0.25) is 5.91 Å². The molecule has 1 fully saturated rings. The van der Waals surface area contributed by atoms with Crippen molar-refractivity contribution in [3.05, 3.63) is 47.8 Å². The highest BCUT2D eigenvalue weighted by molar-refractivity contribution is 5.80. The van der Waals surface area contributed by atoms with Crippen molar-refractivity contribution in [1.29, 1.82) is 0 Å². The van der Waals surface area contributed by atoms with E-state index in [0.29, 0.717) is 6.42 Å². The van der Waals surface area contributed by atoms with E-state index in [2.05, 4.69) is 5.10 Å². The first-order valence-electron chi connectivity index (χ1n) is 8.57. The van der Waals surface area contributed by atoms with E-state index in [4.69, 9.17) is 4.74 Å². The quantitative estimate of drug-likeness (QED) is 0.848. The Morgan fingerprint density at radius 2 is 2.17 bits per heavy atom. The van der Waals surface area contributed by atoms with E-state index in [0.717, 1.165) is 36.3 Å². The van der Waals surface area contributed by atoms with Gasteiger partial charge in [0.05, 0.1) is 24.8 Å². The summed E-state index contributed by atoms with van der Waals surface area (Å²) < 4.78 is 7.63. The normalized spacial score (nSPS) is 17.5. The van der Waals surface area contributed by atoms with Crippen LogP contribution in [0.1, 0.15) is 43.9 Å². The van der Waals surface area contributed by atoms with Gasteiger partial charge in [-0.15, -0.1) is 0 Å². The number of benzene rings is 1. The average molecular weight is 327 g/mol. The zero-order valence-electron chi connectivity index (χ0n) is 14.6. The van der Waals surface area contributed by atoms with Crippen molar-refractivity contribution >= 4 is 5.91 Å². The highest BCUT2D eigenvalue weighted by Crippen LogP contribution is 2.32. The van der Waals surface area contributed by atoms with Gasteiger partial charge in [-0.05, 0) is 32.8 Å².